The minimum atomic E-state index is 0.463. The molecule has 2 rings (SSSR count). The molecule has 0 aliphatic carbocycles. The van der Waals surface area contributed by atoms with Crippen molar-refractivity contribution < 1.29 is 9.47 Å². The van der Waals surface area contributed by atoms with E-state index in [-0.39, 0.29) is 0 Å². The van der Waals surface area contributed by atoms with Crippen molar-refractivity contribution in [1.29, 1.82) is 0 Å². The van der Waals surface area contributed by atoms with Crippen molar-refractivity contribution in [1.82, 2.24) is 0 Å². The standard InChI is InChI=1S/C18H21BrO2/c1-2-20-17-10-6-7-11-18(17)21-13-12-16(14-19)15-8-4-3-5-9-15/h3-11,16H,2,12-14H2,1H3. The minimum Gasteiger partial charge on any atom is -0.490 e. The molecular weight excluding hydrogens is 328 g/mol. The van der Waals surface area contributed by atoms with Gasteiger partial charge in [0, 0.05) is 5.33 Å². The Morgan fingerprint density at radius 1 is 0.905 bits per heavy atom. The van der Waals surface area contributed by atoms with Crippen molar-refractivity contribution in [2.24, 2.45) is 0 Å². The van der Waals surface area contributed by atoms with Crippen LogP contribution in [0.3, 0.4) is 0 Å². The summed E-state index contributed by atoms with van der Waals surface area (Å²) in [6.45, 7) is 3.30. The lowest BCUT2D eigenvalue weighted by atomic mass is 9.98. The number of hydrogen-bond acceptors (Lipinski definition) is 2. The van der Waals surface area contributed by atoms with Crippen LogP contribution < -0.4 is 9.47 Å². The number of benzene rings is 2. The van der Waals surface area contributed by atoms with Gasteiger partial charge in [-0.05, 0) is 37.0 Å². The van der Waals surface area contributed by atoms with Gasteiger partial charge in [-0.3, -0.25) is 0 Å². The van der Waals surface area contributed by atoms with E-state index in [1.54, 1.807) is 0 Å². The number of halogens is 1. The van der Waals surface area contributed by atoms with Gasteiger partial charge in [0.05, 0.1) is 13.2 Å². The van der Waals surface area contributed by atoms with Crippen LogP contribution in [0.5, 0.6) is 11.5 Å². The first-order valence-electron chi connectivity index (χ1n) is 7.30. The molecule has 0 saturated carbocycles. The zero-order valence-electron chi connectivity index (χ0n) is 12.3. The van der Waals surface area contributed by atoms with Crippen LogP contribution in [0.25, 0.3) is 0 Å². The first kappa shape index (κ1) is 15.9. The Morgan fingerprint density at radius 2 is 1.52 bits per heavy atom. The second kappa shape index (κ2) is 8.73. The van der Waals surface area contributed by atoms with E-state index in [0.717, 1.165) is 23.2 Å². The summed E-state index contributed by atoms with van der Waals surface area (Å²) < 4.78 is 11.5. The lowest BCUT2D eigenvalue weighted by molar-refractivity contribution is 0.268. The predicted octanol–water partition coefficient (Wildman–Crippen LogP) is 5.03. The van der Waals surface area contributed by atoms with Gasteiger partial charge in [0.15, 0.2) is 11.5 Å². The Bertz CT molecular complexity index is 528. The minimum absolute atomic E-state index is 0.463. The summed E-state index contributed by atoms with van der Waals surface area (Å²) in [4.78, 5) is 0. The molecule has 0 fully saturated rings. The van der Waals surface area contributed by atoms with Gasteiger partial charge >= 0.3 is 0 Å². The molecule has 0 saturated heterocycles. The predicted molar refractivity (Wildman–Crippen MR) is 90.7 cm³/mol. The fraction of sp³-hybridized carbons (Fsp3) is 0.333. The van der Waals surface area contributed by atoms with Crippen LogP contribution in [0, 0.1) is 0 Å². The Labute approximate surface area is 135 Å². The molecule has 0 spiro atoms. The zero-order valence-corrected chi connectivity index (χ0v) is 13.9. The van der Waals surface area contributed by atoms with Crippen LogP contribution in [-0.4, -0.2) is 18.5 Å². The highest BCUT2D eigenvalue weighted by Gasteiger charge is 2.11. The number of ether oxygens (including phenoxy) is 2. The van der Waals surface area contributed by atoms with Crippen LogP contribution in [0.4, 0.5) is 0 Å². The maximum atomic E-state index is 5.90. The van der Waals surface area contributed by atoms with E-state index in [9.17, 15) is 0 Å². The van der Waals surface area contributed by atoms with Crippen molar-refractivity contribution in [3.8, 4) is 11.5 Å². The Balaban J connectivity index is 1.91. The van der Waals surface area contributed by atoms with Gasteiger partial charge in [-0.2, -0.15) is 0 Å². The Kier molecular flexibility index (Phi) is 6.61. The van der Waals surface area contributed by atoms with Crippen LogP contribution >= 0.6 is 15.9 Å². The molecule has 0 heterocycles. The van der Waals surface area contributed by atoms with Crippen molar-refractivity contribution >= 4 is 15.9 Å². The summed E-state index contributed by atoms with van der Waals surface area (Å²) in [6.07, 6.45) is 0.968. The second-order valence-electron chi connectivity index (χ2n) is 4.78. The quantitative estimate of drug-likeness (QED) is 0.622. The molecule has 0 aromatic heterocycles. The van der Waals surface area contributed by atoms with Gasteiger partial charge in [-0.15, -0.1) is 0 Å². The fourth-order valence-corrected chi connectivity index (χ4v) is 2.91. The van der Waals surface area contributed by atoms with Gasteiger partial charge in [0.1, 0.15) is 0 Å². The smallest absolute Gasteiger partial charge is 0.161 e. The molecule has 0 amide bonds. The number of rotatable bonds is 8. The molecule has 0 aliphatic heterocycles. The van der Waals surface area contributed by atoms with Crippen molar-refractivity contribution in [3.63, 3.8) is 0 Å². The molecule has 0 radical (unpaired) electrons. The molecule has 21 heavy (non-hydrogen) atoms. The van der Waals surface area contributed by atoms with Gasteiger partial charge < -0.3 is 9.47 Å². The average molecular weight is 349 g/mol. The normalized spacial score (nSPS) is 11.9. The van der Waals surface area contributed by atoms with Crippen molar-refractivity contribution in [2.45, 2.75) is 19.3 Å². The maximum absolute atomic E-state index is 5.90. The van der Waals surface area contributed by atoms with E-state index >= 15 is 0 Å². The summed E-state index contributed by atoms with van der Waals surface area (Å²) >= 11 is 3.60. The van der Waals surface area contributed by atoms with E-state index < -0.39 is 0 Å². The molecule has 1 unspecified atom stereocenters. The summed E-state index contributed by atoms with van der Waals surface area (Å²) in [5.74, 6) is 2.10. The molecule has 112 valence electrons. The first-order valence-corrected chi connectivity index (χ1v) is 8.42. The molecule has 2 nitrogen and oxygen atoms in total. The van der Waals surface area contributed by atoms with E-state index in [0.29, 0.717) is 19.1 Å². The van der Waals surface area contributed by atoms with Gasteiger partial charge in [-0.1, -0.05) is 58.4 Å². The van der Waals surface area contributed by atoms with Crippen LogP contribution in [0.1, 0.15) is 24.8 Å². The van der Waals surface area contributed by atoms with E-state index in [1.807, 2.05) is 37.3 Å². The largest absolute Gasteiger partial charge is 0.490 e. The second-order valence-corrected chi connectivity index (χ2v) is 5.43. The van der Waals surface area contributed by atoms with Gasteiger partial charge in [-0.25, -0.2) is 0 Å². The highest BCUT2D eigenvalue weighted by molar-refractivity contribution is 9.09. The molecular formula is C18H21BrO2. The summed E-state index contributed by atoms with van der Waals surface area (Å²) in [5, 5.41) is 0.938. The summed E-state index contributed by atoms with van der Waals surface area (Å²) in [7, 11) is 0. The van der Waals surface area contributed by atoms with Crippen LogP contribution in [0.15, 0.2) is 54.6 Å². The van der Waals surface area contributed by atoms with E-state index in [2.05, 4.69) is 40.2 Å². The lowest BCUT2D eigenvalue weighted by Crippen LogP contribution is -2.08. The topological polar surface area (TPSA) is 18.5 Å². The van der Waals surface area contributed by atoms with Crippen molar-refractivity contribution in [3.05, 3.63) is 60.2 Å². The fourth-order valence-electron chi connectivity index (χ4n) is 2.21. The van der Waals surface area contributed by atoms with Gasteiger partial charge in [0.2, 0.25) is 0 Å². The van der Waals surface area contributed by atoms with E-state index in [1.165, 1.54) is 5.56 Å². The molecule has 1 atom stereocenters. The molecule has 0 aliphatic rings. The lowest BCUT2D eigenvalue weighted by Gasteiger charge is -2.16. The van der Waals surface area contributed by atoms with Crippen LogP contribution in [0.2, 0.25) is 0 Å². The molecule has 0 N–H and O–H groups in total. The maximum Gasteiger partial charge on any atom is 0.161 e. The third-order valence-corrected chi connectivity index (χ3v) is 4.11. The van der Waals surface area contributed by atoms with Crippen LogP contribution in [-0.2, 0) is 0 Å². The molecule has 2 aromatic rings. The molecule has 0 bridgehead atoms. The number of para-hydroxylation sites is 2. The SMILES string of the molecule is CCOc1ccccc1OCCC(CBr)c1ccccc1. The highest BCUT2D eigenvalue weighted by atomic mass is 79.9. The third-order valence-electron chi connectivity index (χ3n) is 3.33. The van der Waals surface area contributed by atoms with Crippen molar-refractivity contribution in [2.75, 3.05) is 18.5 Å². The van der Waals surface area contributed by atoms with E-state index in [4.69, 9.17) is 9.47 Å². The summed E-state index contributed by atoms with van der Waals surface area (Å²) in [6, 6.07) is 18.4. The zero-order chi connectivity index (χ0) is 14.9. The molecule has 2 aromatic carbocycles. The summed E-state index contributed by atoms with van der Waals surface area (Å²) in [5.41, 5.74) is 1.34. The highest BCUT2D eigenvalue weighted by Crippen LogP contribution is 2.28. The number of alkyl halides is 1. The molecule has 3 heteroatoms. The van der Waals surface area contributed by atoms with Gasteiger partial charge in [0.25, 0.3) is 0 Å². The Hall–Kier alpha value is -1.48. The monoisotopic (exact) mass is 348 g/mol. The first-order chi connectivity index (χ1) is 10.3. The third kappa shape index (κ3) is 4.78. The average Bonchev–Trinajstić information content (AvgIpc) is 2.54. The Morgan fingerprint density at radius 3 is 2.14 bits per heavy atom. The number of hydrogen-bond donors (Lipinski definition) is 0.